The van der Waals surface area contributed by atoms with E-state index in [1.807, 2.05) is 12.1 Å². The van der Waals surface area contributed by atoms with Crippen molar-refractivity contribution in [3.63, 3.8) is 0 Å². The number of halogens is 1. The van der Waals surface area contributed by atoms with Gasteiger partial charge in [0.15, 0.2) is 0 Å². The minimum atomic E-state index is -0.128. The van der Waals surface area contributed by atoms with E-state index in [4.69, 9.17) is 15.2 Å². The SMILES string of the molecule is COc1cc(OC)c2[nH]c(=O)c(CCN)cc2c1.Cl. The van der Waals surface area contributed by atoms with Crippen molar-refractivity contribution in [2.75, 3.05) is 20.8 Å². The number of nitrogens with two attached hydrogens (primary N) is 1. The minimum Gasteiger partial charge on any atom is -0.497 e. The summed E-state index contributed by atoms with van der Waals surface area (Å²) in [5, 5.41) is 0.870. The smallest absolute Gasteiger partial charge is 0.251 e. The van der Waals surface area contributed by atoms with Crippen LogP contribution in [0.15, 0.2) is 23.0 Å². The molecule has 0 bridgehead atoms. The zero-order valence-corrected chi connectivity index (χ0v) is 11.7. The van der Waals surface area contributed by atoms with Gasteiger partial charge in [-0.3, -0.25) is 4.79 Å². The molecule has 19 heavy (non-hydrogen) atoms. The summed E-state index contributed by atoms with van der Waals surface area (Å²) in [6, 6.07) is 5.42. The lowest BCUT2D eigenvalue weighted by molar-refractivity contribution is 0.397. The molecule has 0 atom stereocenters. The first-order valence-corrected chi connectivity index (χ1v) is 5.67. The standard InChI is InChI=1S/C13H16N2O3.ClH/c1-17-10-6-9-5-8(3-4-14)13(16)15-12(9)11(7-10)18-2;/h5-7H,3-4,14H2,1-2H3,(H,15,16);1H. The molecule has 0 spiro atoms. The van der Waals surface area contributed by atoms with Crippen LogP contribution in [0.1, 0.15) is 5.56 Å². The first-order chi connectivity index (χ1) is 8.69. The van der Waals surface area contributed by atoms with Crippen molar-refractivity contribution in [3.8, 4) is 11.5 Å². The summed E-state index contributed by atoms with van der Waals surface area (Å²) in [5.74, 6) is 1.27. The van der Waals surface area contributed by atoms with Crippen LogP contribution in [0.4, 0.5) is 0 Å². The van der Waals surface area contributed by atoms with Crippen molar-refractivity contribution >= 4 is 23.3 Å². The maximum atomic E-state index is 11.8. The van der Waals surface area contributed by atoms with Crippen LogP contribution < -0.4 is 20.8 Å². The predicted octanol–water partition coefficient (Wildman–Crippen LogP) is 1.47. The summed E-state index contributed by atoms with van der Waals surface area (Å²) in [5.41, 5.74) is 6.69. The van der Waals surface area contributed by atoms with Crippen molar-refractivity contribution in [3.05, 3.63) is 34.1 Å². The number of fused-ring (bicyclic) bond motifs is 1. The average Bonchev–Trinajstić information content (AvgIpc) is 2.39. The van der Waals surface area contributed by atoms with E-state index in [2.05, 4.69) is 4.98 Å². The third kappa shape index (κ3) is 3.00. The van der Waals surface area contributed by atoms with Crippen LogP contribution in [0, 0.1) is 0 Å². The van der Waals surface area contributed by atoms with Crippen LogP contribution in [0.25, 0.3) is 10.9 Å². The van der Waals surface area contributed by atoms with Crippen molar-refractivity contribution in [1.29, 1.82) is 0 Å². The van der Waals surface area contributed by atoms with Gasteiger partial charge in [-0.2, -0.15) is 0 Å². The molecule has 2 aromatic rings. The van der Waals surface area contributed by atoms with E-state index in [1.165, 1.54) is 0 Å². The molecule has 0 aliphatic carbocycles. The van der Waals surface area contributed by atoms with Gasteiger partial charge in [0.2, 0.25) is 0 Å². The number of rotatable bonds is 4. The van der Waals surface area contributed by atoms with E-state index in [-0.39, 0.29) is 18.0 Å². The molecule has 0 aliphatic rings. The third-order valence-corrected chi connectivity index (χ3v) is 2.84. The molecule has 104 valence electrons. The molecule has 5 nitrogen and oxygen atoms in total. The molecule has 6 heteroatoms. The number of aromatic nitrogens is 1. The number of benzene rings is 1. The van der Waals surface area contributed by atoms with E-state index in [0.29, 0.717) is 35.5 Å². The van der Waals surface area contributed by atoms with Gasteiger partial charge >= 0.3 is 0 Å². The fraction of sp³-hybridized carbons (Fsp3) is 0.308. The molecule has 3 N–H and O–H groups in total. The van der Waals surface area contributed by atoms with Crippen molar-refractivity contribution in [2.45, 2.75) is 6.42 Å². The molecule has 0 fully saturated rings. The van der Waals surface area contributed by atoms with Crippen molar-refractivity contribution < 1.29 is 9.47 Å². The van der Waals surface area contributed by atoms with Crippen molar-refractivity contribution in [2.24, 2.45) is 5.73 Å². The summed E-state index contributed by atoms with van der Waals surface area (Å²) in [4.78, 5) is 14.7. The Morgan fingerprint density at radius 1 is 1.21 bits per heavy atom. The van der Waals surface area contributed by atoms with Gasteiger partial charge in [-0.15, -0.1) is 12.4 Å². The zero-order chi connectivity index (χ0) is 13.1. The van der Waals surface area contributed by atoms with Gasteiger partial charge in [0.25, 0.3) is 5.56 Å². The molecule has 1 aromatic heterocycles. The van der Waals surface area contributed by atoms with E-state index >= 15 is 0 Å². The van der Waals surface area contributed by atoms with E-state index in [0.717, 1.165) is 5.39 Å². The summed E-state index contributed by atoms with van der Waals surface area (Å²) >= 11 is 0. The summed E-state index contributed by atoms with van der Waals surface area (Å²) in [6.07, 6.45) is 0.546. The average molecular weight is 285 g/mol. The van der Waals surface area contributed by atoms with Crippen LogP contribution in [0.5, 0.6) is 11.5 Å². The van der Waals surface area contributed by atoms with E-state index < -0.39 is 0 Å². The number of aromatic amines is 1. The number of nitrogens with one attached hydrogen (secondary N) is 1. The Kier molecular flexibility index (Phi) is 5.20. The first kappa shape index (κ1) is 15.3. The van der Waals surface area contributed by atoms with Gasteiger partial charge in [0.1, 0.15) is 11.5 Å². The molecule has 0 radical (unpaired) electrons. The minimum absolute atomic E-state index is 0. The second kappa shape index (κ2) is 6.45. The van der Waals surface area contributed by atoms with Gasteiger partial charge in [-0.25, -0.2) is 0 Å². The Morgan fingerprint density at radius 2 is 1.95 bits per heavy atom. The molecular formula is C13H17ClN2O3. The normalized spacial score (nSPS) is 10.1. The highest BCUT2D eigenvalue weighted by Gasteiger charge is 2.09. The van der Waals surface area contributed by atoms with Crippen LogP contribution in [-0.4, -0.2) is 25.7 Å². The number of ether oxygens (including phenoxy) is 2. The lowest BCUT2D eigenvalue weighted by atomic mass is 10.1. The van der Waals surface area contributed by atoms with E-state index in [1.54, 1.807) is 20.3 Å². The molecule has 0 saturated heterocycles. The molecule has 0 aliphatic heterocycles. The highest BCUT2D eigenvalue weighted by molar-refractivity contribution is 5.86. The van der Waals surface area contributed by atoms with Crippen LogP contribution in [0.2, 0.25) is 0 Å². The molecule has 1 aromatic carbocycles. The molecule has 0 amide bonds. The Balaban J connectivity index is 0.00000180. The number of methoxy groups -OCH3 is 2. The molecule has 1 heterocycles. The second-order valence-corrected chi connectivity index (χ2v) is 3.96. The third-order valence-electron chi connectivity index (χ3n) is 2.84. The summed E-state index contributed by atoms with van der Waals surface area (Å²) in [6.45, 7) is 0.440. The first-order valence-electron chi connectivity index (χ1n) is 5.67. The van der Waals surface area contributed by atoms with E-state index in [9.17, 15) is 4.79 Å². The van der Waals surface area contributed by atoms with Gasteiger partial charge in [0, 0.05) is 17.0 Å². The van der Waals surface area contributed by atoms with Crippen LogP contribution >= 0.6 is 12.4 Å². The van der Waals surface area contributed by atoms with Gasteiger partial charge in [0.05, 0.1) is 19.7 Å². The Morgan fingerprint density at radius 3 is 2.53 bits per heavy atom. The number of hydrogen-bond donors (Lipinski definition) is 2. The molecule has 2 rings (SSSR count). The maximum Gasteiger partial charge on any atom is 0.251 e. The largest absolute Gasteiger partial charge is 0.497 e. The maximum absolute atomic E-state index is 11.8. The van der Waals surface area contributed by atoms with Gasteiger partial charge in [-0.05, 0) is 25.1 Å². The Hall–Kier alpha value is -1.72. The van der Waals surface area contributed by atoms with Crippen molar-refractivity contribution in [1.82, 2.24) is 4.98 Å². The fourth-order valence-electron chi connectivity index (χ4n) is 1.93. The topological polar surface area (TPSA) is 77.3 Å². The number of H-pyrrole nitrogens is 1. The zero-order valence-electron chi connectivity index (χ0n) is 10.9. The molecule has 0 saturated carbocycles. The van der Waals surface area contributed by atoms with Gasteiger partial charge in [-0.1, -0.05) is 0 Å². The van der Waals surface area contributed by atoms with Crippen LogP contribution in [0.3, 0.4) is 0 Å². The molecule has 0 unspecified atom stereocenters. The summed E-state index contributed by atoms with van der Waals surface area (Å²) < 4.78 is 10.4. The van der Waals surface area contributed by atoms with Crippen LogP contribution in [-0.2, 0) is 6.42 Å². The predicted molar refractivity (Wildman–Crippen MR) is 77.7 cm³/mol. The van der Waals surface area contributed by atoms with Gasteiger partial charge < -0.3 is 20.2 Å². The summed E-state index contributed by atoms with van der Waals surface area (Å²) in [7, 11) is 3.15. The monoisotopic (exact) mass is 284 g/mol. The number of pyridine rings is 1. The highest BCUT2D eigenvalue weighted by Crippen LogP contribution is 2.29. The second-order valence-electron chi connectivity index (χ2n) is 3.96. The quantitative estimate of drug-likeness (QED) is 0.891. The Labute approximate surface area is 117 Å². The highest BCUT2D eigenvalue weighted by atomic mass is 35.5. The lowest BCUT2D eigenvalue weighted by Gasteiger charge is -2.09. The molecular weight excluding hydrogens is 268 g/mol. The Bertz CT molecular complexity index is 625. The lowest BCUT2D eigenvalue weighted by Crippen LogP contribution is -2.16. The number of hydrogen-bond acceptors (Lipinski definition) is 4. The fourth-order valence-corrected chi connectivity index (χ4v) is 1.93.